The van der Waals surface area contributed by atoms with E-state index in [1.165, 1.54) is 16.2 Å². The van der Waals surface area contributed by atoms with E-state index in [0.29, 0.717) is 64.4 Å². The van der Waals surface area contributed by atoms with Crippen LogP contribution in [0, 0.1) is 20.8 Å². The molecule has 24 heteroatoms. The maximum Gasteiger partial charge on any atom is 0.311 e. The van der Waals surface area contributed by atoms with Gasteiger partial charge in [-0.15, -0.1) is 23.7 Å². The van der Waals surface area contributed by atoms with Gasteiger partial charge < -0.3 is 49.8 Å². The van der Waals surface area contributed by atoms with Gasteiger partial charge in [0.1, 0.15) is 40.4 Å². The molecule has 12 aromatic carbocycles. The summed E-state index contributed by atoms with van der Waals surface area (Å²) in [4.78, 5) is 97.1. The lowest BCUT2D eigenvalue weighted by Crippen LogP contribution is -2.49. The van der Waals surface area contributed by atoms with Crippen LogP contribution >= 0.6 is 35.3 Å². The van der Waals surface area contributed by atoms with Gasteiger partial charge in [0.25, 0.3) is 17.6 Å². The molecule has 4 N–H and O–H groups in total. The van der Waals surface area contributed by atoms with Crippen molar-refractivity contribution in [3.05, 3.63) is 391 Å². The Morgan fingerprint density at radius 1 is 0.608 bits per heavy atom. The standard InChI is InChI=1S/C22H22ClN3O.C22H21NO4S.C21H24N2O2.C21H18N2O.C20H19NO4.ClH/c23-21-8-4-2-6-18(21)16-25-11-13-26(14-12-25)24-15-20-19-7-3-1-5-17(19)9-10-22(20)27;1-2-26-22(25)12-18-15-28-21(23-18)13-19(24)14-27-20-10-8-17(9-11-20)16-6-4-3-5-7-16;1-15-4-6-18(7-5-15)21(25)23-12-10-22(11-13-23)20-9-8-19(17(3)24)14-16(20)2;1-16(22-19-10-6-3-7-11-19)23-20-14-12-18(13-15-20)21(24)17-8-4-2-5-9-17;1-12-4-6-14(7-5-12)18(22)16-17(21(2)20(24)19(16)23)13-8-10-15(25-3)11-9-13;/h1-10,15,27H,11-14,16H2;3-11,15H,2,12-14H2,1H3;4-9,14H,10-13H2,1-3H3;2-15,22-23H,1H2;4-11,17,22H,1-3H3;1H. The number of aryl methyl sites for hydroxylation is 3. The molecule has 13 aromatic rings. The molecule has 1 unspecified atom stereocenters. The number of aromatic hydroxyl groups is 1. The number of benzene rings is 12. The molecule has 2 amide bonds. The summed E-state index contributed by atoms with van der Waals surface area (Å²) < 4.78 is 15.6. The fraction of sp³-hybridized carbons (Fsp3) is 0.198. The molecule has 4 heterocycles. The summed E-state index contributed by atoms with van der Waals surface area (Å²) in [5.41, 5.74) is 15.3. The number of rotatable bonds is 25. The number of fused-ring (bicyclic) bond motifs is 1. The topological polar surface area (TPSA) is 253 Å². The summed E-state index contributed by atoms with van der Waals surface area (Å²) in [6, 6.07) is 91.1. The average Bonchev–Trinajstić information content (AvgIpc) is 1.61. The molecule has 0 spiro atoms. The molecular weight excluding hydrogens is 1690 g/mol. The zero-order valence-electron chi connectivity index (χ0n) is 73.6. The molecule has 666 valence electrons. The van der Waals surface area contributed by atoms with Gasteiger partial charge in [-0.05, 0) is 176 Å². The van der Waals surface area contributed by atoms with Crippen molar-refractivity contribution in [2.75, 3.05) is 95.3 Å². The van der Waals surface area contributed by atoms with Crippen molar-refractivity contribution in [2.45, 2.75) is 60.0 Å². The van der Waals surface area contributed by atoms with Crippen molar-refractivity contribution in [2.24, 2.45) is 5.10 Å². The number of likely N-dealkylation sites (tertiary alicyclic amines) is 1. The van der Waals surface area contributed by atoms with E-state index in [2.05, 4.69) is 48.2 Å². The molecule has 3 aliphatic heterocycles. The van der Waals surface area contributed by atoms with Crippen LogP contribution in [0.3, 0.4) is 0 Å². The number of halogens is 2. The van der Waals surface area contributed by atoms with Gasteiger partial charge in [-0.3, -0.25) is 43.5 Å². The highest BCUT2D eigenvalue weighted by Gasteiger charge is 2.44. The molecule has 21 nitrogen and oxygen atoms in total. The fourth-order valence-electron chi connectivity index (χ4n) is 14.7. The molecule has 3 aliphatic rings. The second-order valence-electron chi connectivity index (χ2n) is 31.0. The van der Waals surface area contributed by atoms with Crippen LogP contribution in [0.2, 0.25) is 5.02 Å². The quantitative estimate of drug-likeness (QED) is 0.0104. The number of carbonyl (C=O) groups is 7. The Bertz CT molecular complexity index is 6090. The van der Waals surface area contributed by atoms with Gasteiger partial charge in [0.15, 0.2) is 17.3 Å². The molecule has 130 heavy (non-hydrogen) atoms. The van der Waals surface area contributed by atoms with Gasteiger partial charge >= 0.3 is 5.97 Å². The van der Waals surface area contributed by atoms with E-state index in [4.69, 9.17) is 25.8 Å². The molecule has 16 rings (SSSR count). The number of carbonyl (C=O) groups excluding carboxylic acids is 7. The molecule has 0 saturated carbocycles. The van der Waals surface area contributed by atoms with Crippen LogP contribution in [-0.4, -0.2) is 162 Å². The minimum absolute atomic E-state index is 0. The van der Waals surface area contributed by atoms with Crippen LogP contribution in [0.25, 0.3) is 27.7 Å². The van der Waals surface area contributed by atoms with Gasteiger partial charge in [0.05, 0.1) is 50.1 Å². The van der Waals surface area contributed by atoms with E-state index in [0.717, 1.165) is 134 Å². The van der Waals surface area contributed by atoms with E-state index in [1.807, 2.05) is 268 Å². The first-order valence-corrected chi connectivity index (χ1v) is 43.7. The summed E-state index contributed by atoms with van der Waals surface area (Å²) in [6.07, 6.45) is 2.10. The predicted molar refractivity (Wildman–Crippen MR) is 521 cm³/mol. The highest BCUT2D eigenvalue weighted by Crippen LogP contribution is 2.39. The Morgan fingerprint density at radius 3 is 1.79 bits per heavy atom. The Labute approximate surface area is 774 Å². The number of hydrazone groups is 1. The zero-order chi connectivity index (χ0) is 91.3. The van der Waals surface area contributed by atoms with Crippen molar-refractivity contribution in [1.82, 2.24) is 24.7 Å². The maximum absolute atomic E-state index is 12.6. The van der Waals surface area contributed by atoms with E-state index < -0.39 is 17.7 Å². The average molecular weight is 1800 g/mol. The lowest BCUT2D eigenvalue weighted by molar-refractivity contribution is -0.142. The van der Waals surface area contributed by atoms with Gasteiger partial charge in [0.2, 0.25) is 0 Å². The number of phenols is 1. The number of Topliss-reactive ketones (excluding diaryl/α,β-unsaturated/α-hetero) is 3. The number of likely N-dealkylation sites (N-methyl/N-ethyl adjacent to an activating group) is 1. The second-order valence-corrected chi connectivity index (χ2v) is 32.4. The highest BCUT2D eigenvalue weighted by molar-refractivity contribution is 7.09. The predicted octanol–water partition coefficient (Wildman–Crippen LogP) is 20.3. The minimum atomic E-state index is -0.679. The number of nitrogens with one attached hydrogen (secondary N) is 2. The first-order valence-electron chi connectivity index (χ1n) is 42.5. The normalized spacial score (nSPS) is 13.9. The number of hydrogen-bond donors (Lipinski definition) is 4. The van der Waals surface area contributed by atoms with Crippen molar-refractivity contribution < 1.29 is 58.0 Å². The minimum Gasteiger partial charge on any atom is -0.507 e. The van der Waals surface area contributed by atoms with Crippen LogP contribution in [0.15, 0.2) is 320 Å². The van der Waals surface area contributed by atoms with Crippen LogP contribution < -0.4 is 25.0 Å². The van der Waals surface area contributed by atoms with Crippen LogP contribution in [0.4, 0.5) is 17.1 Å². The Balaban J connectivity index is 0.000000157. The lowest BCUT2D eigenvalue weighted by atomic mass is 9.95. The maximum atomic E-state index is 12.6. The van der Waals surface area contributed by atoms with E-state index in [9.17, 15) is 43.8 Å². The van der Waals surface area contributed by atoms with Gasteiger partial charge in [-0.2, -0.15) is 5.10 Å². The van der Waals surface area contributed by atoms with Gasteiger partial charge in [-0.1, -0.05) is 217 Å². The molecule has 0 radical (unpaired) electrons. The van der Waals surface area contributed by atoms with E-state index in [1.54, 1.807) is 82.1 Å². The number of esters is 1. The zero-order valence-corrected chi connectivity index (χ0v) is 76.0. The summed E-state index contributed by atoms with van der Waals surface area (Å²) >= 11 is 7.63. The largest absolute Gasteiger partial charge is 0.507 e. The number of nitrogens with zero attached hydrogens (tertiary/aromatic N) is 7. The Hall–Kier alpha value is -14.3. The summed E-state index contributed by atoms with van der Waals surface area (Å²) in [6.45, 7) is 21.1. The van der Waals surface area contributed by atoms with Crippen molar-refractivity contribution in [3.8, 4) is 28.4 Å². The summed E-state index contributed by atoms with van der Waals surface area (Å²) in [7, 11) is 3.13. The molecule has 3 fully saturated rings. The number of hydrogen-bond acceptors (Lipinski definition) is 20. The monoisotopic (exact) mass is 1800 g/mol. The summed E-state index contributed by atoms with van der Waals surface area (Å²) in [5, 5.41) is 39.4. The third kappa shape index (κ3) is 26.9. The number of aliphatic hydroxyl groups is 1. The number of para-hydroxylation sites is 1. The van der Waals surface area contributed by atoms with Gasteiger partial charge in [0, 0.05) is 127 Å². The number of aromatic nitrogens is 1. The number of ketones is 4. The molecule has 1 atom stereocenters. The second kappa shape index (κ2) is 47.5. The highest BCUT2D eigenvalue weighted by atomic mass is 35.5. The Kier molecular flexibility index (Phi) is 35.2. The molecular formula is C106H105Cl2N9O12S. The number of phenolic OH excluding ortho intramolecular Hbond substituents is 1. The van der Waals surface area contributed by atoms with E-state index >= 15 is 0 Å². The number of piperazine rings is 2. The van der Waals surface area contributed by atoms with Crippen molar-refractivity contribution >= 4 is 116 Å². The van der Waals surface area contributed by atoms with Gasteiger partial charge in [-0.25, -0.2) is 4.98 Å². The first-order chi connectivity index (χ1) is 62.4. The van der Waals surface area contributed by atoms with Crippen LogP contribution in [-0.2, 0) is 43.3 Å². The van der Waals surface area contributed by atoms with E-state index in [-0.39, 0.29) is 78.2 Å². The number of methoxy groups -OCH3 is 1. The van der Waals surface area contributed by atoms with Crippen molar-refractivity contribution in [1.29, 1.82) is 0 Å². The third-order valence-electron chi connectivity index (χ3n) is 21.7. The smallest absolute Gasteiger partial charge is 0.311 e. The van der Waals surface area contributed by atoms with Crippen molar-refractivity contribution in [3.63, 3.8) is 0 Å². The van der Waals surface area contributed by atoms with Crippen LogP contribution in [0.5, 0.6) is 17.2 Å². The fourth-order valence-corrected chi connectivity index (χ4v) is 15.7. The lowest BCUT2D eigenvalue weighted by Gasteiger charge is -2.37. The number of thiazole rings is 1. The SMILES string of the molecule is C=C(Nc1ccccc1)Nc1ccc(C(=O)c2ccccc2)cc1.CC(=O)c1ccc(N2CCN(C(=O)c3ccc(C)cc3)CC2)c(C)c1.CCOC(=O)Cc1csc(CC(=O)COc2ccc(-c3ccccc3)cc2)n1.COc1ccc(C2C(=C(O)c3ccc(C)cc3)C(=O)C(=O)N2C)cc1.Cl.Oc1ccc2ccccc2c1C=NN1CCN(Cc2ccccc2Cl)CC1. The molecule has 1 aromatic heterocycles. The summed E-state index contributed by atoms with van der Waals surface area (Å²) in [5.74, 6) is 0.607. The van der Waals surface area contributed by atoms with Crippen LogP contribution in [0.1, 0.15) is 106 Å². The number of anilines is 3. The number of amides is 2. The first kappa shape index (κ1) is 96.3. The molecule has 3 saturated heterocycles. The third-order valence-corrected chi connectivity index (χ3v) is 23.0. The number of ether oxygens (including phenoxy) is 3. The number of aliphatic hydroxyl groups excluding tert-OH is 1. The molecule has 0 bridgehead atoms. The molecule has 0 aliphatic carbocycles. The Morgan fingerprint density at radius 2 is 1.17 bits per heavy atom.